The van der Waals surface area contributed by atoms with Crippen LogP contribution in [-0.2, 0) is 90.2 Å². The number of likely N-dealkylation sites (N-methyl/N-ethyl adjacent to an activating group) is 1. The van der Waals surface area contributed by atoms with Crippen molar-refractivity contribution in [2.75, 3.05) is 89.5 Å². The highest BCUT2D eigenvalue weighted by atomic mass is 32.2. The lowest BCUT2D eigenvalue weighted by atomic mass is 9.81. The maximum atomic E-state index is 13.1. The van der Waals surface area contributed by atoms with Crippen molar-refractivity contribution in [3.8, 4) is 0 Å². The van der Waals surface area contributed by atoms with Crippen molar-refractivity contribution in [1.29, 1.82) is 0 Å². The van der Waals surface area contributed by atoms with Crippen LogP contribution in [0.5, 0.6) is 0 Å². The van der Waals surface area contributed by atoms with E-state index in [0.29, 0.717) is 0 Å². The quantitative estimate of drug-likeness (QED) is 0.0340. The maximum absolute atomic E-state index is 13.1. The first-order valence-corrected chi connectivity index (χ1v) is 35.9. The van der Waals surface area contributed by atoms with Gasteiger partial charge in [0.25, 0.3) is 0 Å². The van der Waals surface area contributed by atoms with Gasteiger partial charge in [0.2, 0.25) is 0 Å². The third-order valence-electron chi connectivity index (χ3n) is 19.1. The Labute approximate surface area is 596 Å². The van der Waals surface area contributed by atoms with E-state index in [1.165, 1.54) is 14.0 Å². The molecule has 20 aliphatic heterocycles. The van der Waals surface area contributed by atoms with Crippen molar-refractivity contribution in [3.05, 3.63) is 0 Å². The molecule has 20 saturated heterocycles. The molecule has 43 heteroatoms. The standard InChI is InChI=1S/C60H99NO40S2/c1-20(67)3-5-87-7-8-88-6-4-23(68)9-22(53(83)84)17-102-16-21-10-25-32(69)33(70)46(21)96-55-41(78)35(72)48(27(12-63)91-55)98-57-42(79)36(73)49(28(13-64)92-57)99-58-43(80)37(74)51(30(15-66)93-58)100-60-45(82)39(76)52(31(95-60)19-103-18-24(61-2)54(85)86)101-59-44(81)38(75)50(29(14-65)94-59)97-56-40(77)34(71)47(89-25)26(11-62)90-56/h21-22,24-52,55-66,69-82H,3-19H2,1-2H3,(H,83,84)(H,85,86)/t21?,22-,24-,25+,26?,27?,28?,29?,30?,31?,32?,33-,34-,35-,36-,37-,38-,39-,40?,41?,42?,43?,44?,45?,46-,47-,48-,49-,50-,51-,52-,55-,56-,57-,58-,59-,60-/m1/s1. The normalized spacial score (nSPS) is 44.9. The van der Waals surface area contributed by atoms with Gasteiger partial charge in [0.1, 0.15) is 170 Å². The Morgan fingerprint density at radius 3 is 1.05 bits per heavy atom. The highest BCUT2D eigenvalue weighted by molar-refractivity contribution is 7.99. The van der Waals surface area contributed by atoms with Crippen LogP contribution in [0.3, 0.4) is 0 Å². The number of aliphatic carboxylic acids is 2. The highest BCUT2D eigenvalue weighted by Crippen LogP contribution is 2.41. The van der Waals surface area contributed by atoms with Gasteiger partial charge in [-0.25, -0.2) is 0 Å². The van der Waals surface area contributed by atoms with Gasteiger partial charge in [-0.2, -0.15) is 23.5 Å². The summed E-state index contributed by atoms with van der Waals surface area (Å²) in [4.78, 5) is 48.8. The van der Waals surface area contributed by atoms with Crippen LogP contribution in [-0.4, -0.2) is 435 Å². The highest BCUT2D eigenvalue weighted by Gasteiger charge is 2.60. The largest absolute Gasteiger partial charge is 0.481 e. The zero-order valence-corrected chi connectivity index (χ0v) is 57.5. The molecule has 22 N–H and O–H groups in total. The number of hydrogen-bond acceptors (Lipinski definition) is 41. The number of rotatable bonds is 27. The number of aliphatic hydroxyl groups excluding tert-OH is 19. The molecule has 21 rings (SSSR count). The van der Waals surface area contributed by atoms with Crippen molar-refractivity contribution in [3.63, 3.8) is 0 Å². The first kappa shape index (κ1) is 86.2. The van der Waals surface area contributed by atoms with E-state index in [-0.39, 0.29) is 68.1 Å². The SMILES string of the molecule is CN[C@H](CSCC1O[C@@H]2O[C@@H]3C(CO)O[C@H](O[C@@H]4C(CO)O[C@H](O[C@@H]5C(CO)O[C@H](O[C@@H]6C(CSC[C@@H](CC(=O)CCOCCOCCC(C)=O)C(=O)O)C[C@H](O[C@@H]7C(CO)O[C@H](O[C@@H]8C(CO)O[C@H](O[C@H]1[C@H](O)C2O)C(O)[C@H]8O)C(O)[C@H]7O)C(O)[C@H]6O)C(O)[C@H]5O)C(O)[C@H]4O)C(O)[C@H]3O)C(=O)O. The molecule has 20 heterocycles. The van der Waals surface area contributed by atoms with Crippen LogP contribution in [0.25, 0.3) is 0 Å². The zero-order chi connectivity index (χ0) is 75.4. The molecule has 21 aliphatic rings. The molecule has 41 nitrogen and oxygen atoms in total. The van der Waals surface area contributed by atoms with E-state index in [0.717, 1.165) is 23.5 Å². The van der Waals surface area contributed by atoms with Gasteiger partial charge in [0, 0.05) is 36.5 Å². The van der Waals surface area contributed by atoms with E-state index in [2.05, 4.69) is 5.32 Å². The summed E-state index contributed by atoms with van der Waals surface area (Å²) in [5, 5.41) is 240. The molecule has 21 fully saturated rings. The number of ether oxygens (including phenoxy) is 15. The first-order chi connectivity index (χ1) is 49.0. The van der Waals surface area contributed by atoms with Crippen molar-refractivity contribution >= 4 is 47.0 Å². The van der Waals surface area contributed by atoms with Gasteiger partial charge < -0.3 is 184 Å². The average molecular weight is 1540 g/mol. The summed E-state index contributed by atoms with van der Waals surface area (Å²) in [5.41, 5.74) is 0. The Bertz CT molecular complexity index is 2610. The molecule has 596 valence electrons. The van der Waals surface area contributed by atoms with E-state index < -0.39 is 290 Å². The van der Waals surface area contributed by atoms with Gasteiger partial charge in [-0.05, 0) is 32.1 Å². The van der Waals surface area contributed by atoms with Crippen molar-refractivity contribution in [2.45, 2.75) is 247 Å². The Hall–Kier alpha value is -2.42. The third kappa shape index (κ3) is 21.0. The molecule has 37 atom stereocenters. The summed E-state index contributed by atoms with van der Waals surface area (Å²) >= 11 is 1.79. The van der Waals surface area contributed by atoms with Gasteiger partial charge in [-0.15, -0.1) is 0 Å². The lowest BCUT2D eigenvalue weighted by Gasteiger charge is -2.50. The fraction of sp³-hybridized carbons (Fsp3) is 0.933. The van der Waals surface area contributed by atoms with E-state index in [1.807, 2.05) is 0 Å². The molecule has 1 aliphatic carbocycles. The minimum Gasteiger partial charge on any atom is -0.481 e. The molecule has 0 spiro atoms. The Balaban J connectivity index is 1.08. The summed E-state index contributed by atoms with van der Waals surface area (Å²) in [5.74, 6) is -6.80. The number of carbonyl (C=O) groups is 4. The topological polar surface area (TPSA) is 644 Å². The lowest BCUT2D eigenvalue weighted by molar-refractivity contribution is -0.394. The van der Waals surface area contributed by atoms with Gasteiger partial charge >= 0.3 is 11.9 Å². The van der Waals surface area contributed by atoms with E-state index in [1.54, 1.807) is 0 Å². The van der Waals surface area contributed by atoms with Gasteiger partial charge in [-0.3, -0.25) is 19.2 Å². The molecule has 0 radical (unpaired) electrons. The van der Waals surface area contributed by atoms with Crippen molar-refractivity contribution < 1.29 is 197 Å². The van der Waals surface area contributed by atoms with Crippen LogP contribution in [0.1, 0.15) is 32.6 Å². The predicted molar refractivity (Wildman–Crippen MR) is 335 cm³/mol. The summed E-state index contributed by atoms with van der Waals surface area (Å²) in [6, 6.07) is -1.18. The Kier molecular flexibility index (Phi) is 33.5. The minimum atomic E-state index is -2.27. The fourth-order valence-corrected chi connectivity index (χ4v) is 15.6. The molecule has 14 unspecified atom stereocenters. The van der Waals surface area contributed by atoms with E-state index in [9.17, 15) is 126 Å². The molecule has 1 saturated carbocycles. The summed E-state index contributed by atoms with van der Waals surface area (Å²) < 4.78 is 87.8. The second kappa shape index (κ2) is 40.0. The van der Waals surface area contributed by atoms with Gasteiger partial charge in [0.15, 0.2) is 37.7 Å². The number of carboxylic acids is 2. The third-order valence-corrected chi connectivity index (χ3v) is 21.5. The summed E-state index contributed by atoms with van der Waals surface area (Å²) in [6.45, 7) is -3.72. The maximum Gasteiger partial charge on any atom is 0.321 e. The number of ketones is 2. The van der Waals surface area contributed by atoms with Crippen molar-refractivity contribution in [1.82, 2.24) is 5.32 Å². The Morgan fingerprint density at radius 1 is 0.388 bits per heavy atom. The second-order valence-corrected chi connectivity index (χ2v) is 28.4. The molecule has 14 bridgehead atoms. The predicted octanol–water partition coefficient (Wildman–Crippen LogP) is -12.4. The number of Topliss-reactive ketones (excluding diaryl/α,β-unsaturated/α-hetero) is 2. The summed E-state index contributed by atoms with van der Waals surface area (Å²) in [7, 11) is 1.35. The number of hydrogen-bond donors (Lipinski definition) is 22. The smallest absolute Gasteiger partial charge is 0.321 e. The fourth-order valence-electron chi connectivity index (χ4n) is 13.1. The lowest BCUT2D eigenvalue weighted by Crippen LogP contribution is -2.68. The monoisotopic (exact) mass is 1540 g/mol. The van der Waals surface area contributed by atoms with Crippen LogP contribution < -0.4 is 5.32 Å². The van der Waals surface area contributed by atoms with Crippen LogP contribution in [0.15, 0.2) is 0 Å². The molecule has 0 aromatic rings. The molecule has 0 amide bonds. The molecular weight excluding hydrogens is 1440 g/mol. The number of nitrogens with one attached hydrogen (secondary N) is 1. The van der Waals surface area contributed by atoms with Gasteiger partial charge in [0.05, 0.1) is 83.7 Å². The molecule has 103 heavy (non-hydrogen) atoms. The number of aliphatic hydroxyl groups is 19. The van der Waals surface area contributed by atoms with Crippen LogP contribution >= 0.6 is 23.5 Å². The Morgan fingerprint density at radius 2 is 0.709 bits per heavy atom. The van der Waals surface area contributed by atoms with E-state index >= 15 is 0 Å². The second-order valence-electron chi connectivity index (χ2n) is 26.2. The van der Waals surface area contributed by atoms with Gasteiger partial charge in [-0.1, -0.05) is 0 Å². The minimum absolute atomic E-state index is 0.0710. The summed E-state index contributed by atoms with van der Waals surface area (Å²) in [6.07, 6.45) is -69.8. The number of carbonyl (C=O) groups excluding carboxylic acids is 2. The van der Waals surface area contributed by atoms with Crippen LogP contribution in [0, 0.1) is 11.8 Å². The zero-order valence-electron chi connectivity index (χ0n) is 55.8. The van der Waals surface area contributed by atoms with Crippen LogP contribution in [0.2, 0.25) is 0 Å². The van der Waals surface area contributed by atoms with Crippen LogP contribution in [0.4, 0.5) is 0 Å². The molecular formula is C60H99NO40S2. The number of carboxylic acid groups (broad SMARTS) is 2. The average Bonchev–Trinajstić information content (AvgIpc) is 0.785. The molecule has 0 aromatic heterocycles. The first-order valence-electron chi connectivity index (χ1n) is 33.6. The van der Waals surface area contributed by atoms with E-state index in [4.69, 9.17) is 71.1 Å². The number of thioether (sulfide) groups is 2. The molecule has 0 aromatic carbocycles. The van der Waals surface area contributed by atoms with Crippen molar-refractivity contribution in [2.24, 2.45) is 11.8 Å².